The van der Waals surface area contributed by atoms with E-state index in [0.29, 0.717) is 11.8 Å². The van der Waals surface area contributed by atoms with Crippen LogP contribution < -0.4 is 5.73 Å². The first-order chi connectivity index (χ1) is 5.81. The highest BCUT2D eigenvalue weighted by molar-refractivity contribution is 5.21. The molecule has 1 aromatic heterocycles. The molecule has 0 saturated heterocycles. The molecule has 2 nitrogen and oxygen atoms in total. The predicted octanol–water partition coefficient (Wildman–Crippen LogP) is 1.45. The van der Waals surface area contributed by atoms with Crippen molar-refractivity contribution in [2.24, 2.45) is 11.7 Å². The topological polar surface area (TPSA) is 38.9 Å². The lowest BCUT2D eigenvalue weighted by Gasteiger charge is -1.97. The van der Waals surface area contributed by atoms with Crippen LogP contribution in [0.1, 0.15) is 23.6 Å². The van der Waals surface area contributed by atoms with E-state index in [1.165, 1.54) is 17.7 Å². The summed E-state index contributed by atoms with van der Waals surface area (Å²) in [7, 11) is 0. The fourth-order valence-corrected chi connectivity index (χ4v) is 1.57. The van der Waals surface area contributed by atoms with E-state index in [9.17, 15) is 0 Å². The quantitative estimate of drug-likeness (QED) is 0.715. The molecule has 0 bridgehead atoms. The second-order valence-electron chi connectivity index (χ2n) is 3.60. The van der Waals surface area contributed by atoms with Gasteiger partial charge < -0.3 is 5.73 Å². The van der Waals surface area contributed by atoms with Crippen LogP contribution in [0.15, 0.2) is 18.3 Å². The van der Waals surface area contributed by atoms with Crippen molar-refractivity contribution in [1.82, 2.24) is 4.98 Å². The third-order valence-electron chi connectivity index (χ3n) is 2.54. The van der Waals surface area contributed by atoms with Crippen LogP contribution in [0.25, 0.3) is 0 Å². The number of aromatic nitrogens is 1. The Labute approximate surface area is 72.8 Å². The smallest absolute Gasteiger partial charge is 0.0438 e. The number of rotatable bonds is 2. The first kappa shape index (κ1) is 7.74. The van der Waals surface area contributed by atoms with Gasteiger partial charge in [-0.05, 0) is 37.4 Å². The monoisotopic (exact) mass is 162 g/mol. The molecule has 0 unspecified atom stereocenters. The Kier molecular flexibility index (Phi) is 1.85. The fourth-order valence-electron chi connectivity index (χ4n) is 1.57. The summed E-state index contributed by atoms with van der Waals surface area (Å²) < 4.78 is 0. The Morgan fingerprint density at radius 1 is 1.58 bits per heavy atom. The van der Waals surface area contributed by atoms with E-state index < -0.39 is 0 Å². The van der Waals surface area contributed by atoms with Crippen molar-refractivity contribution in [3.63, 3.8) is 0 Å². The van der Waals surface area contributed by atoms with Crippen LogP contribution in [-0.4, -0.2) is 11.5 Å². The Morgan fingerprint density at radius 2 is 2.42 bits per heavy atom. The van der Waals surface area contributed by atoms with Crippen LogP contribution in [-0.2, 0) is 0 Å². The van der Waals surface area contributed by atoms with E-state index in [1.807, 2.05) is 6.20 Å². The van der Waals surface area contributed by atoms with Gasteiger partial charge in [-0.25, -0.2) is 0 Å². The predicted molar refractivity (Wildman–Crippen MR) is 48.9 cm³/mol. The molecule has 2 atom stereocenters. The number of aryl methyl sites for hydroxylation is 1. The van der Waals surface area contributed by atoms with Gasteiger partial charge in [0, 0.05) is 17.8 Å². The maximum Gasteiger partial charge on any atom is 0.0438 e. The zero-order chi connectivity index (χ0) is 8.55. The van der Waals surface area contributed by atoms with Gasteiger partial charge in [-0.2, -0.15) is 0 Å². The van der Waals surface area contributed by atoms with Gasteiger partial charge in [0.25, 0.3) is 0 Å². The Hall–Kier alpha value is -0.890. The van der Waals surface area contributed by atoms with E-state index in [-0.39, 0.29) is 0 Å². The summed E-state index contributed by atoms with van der Waals surface area (Å²) in [6, 6.07) is 4.24. The molecule has 1 fully saturated rings. The Bertz CT molecular complexity index is 266. The molecule has 2 rings (SSSR count). The third-order valence-corrected chi connectivity index (χ3v) is 2.54. The largest absolute Gasteiger partial charge is 0.330 e. The van der Waals surface area contributed by atoms with Gasteiger partial charge in [-0.15, -0.1) is 0 Å². The number of nitrogens with two attached hydrogens (primary N) is 1. The van der Waals surface area contributed by atoms with E-state index in [2.05, 4.69) is 24.0 Å². The van der Waals surface area contributed by atoms with Crippen molar-refractivity contribution in [3.05, 3.63) is 29.6 Å². The Balaban J connectivity index is 2.10. The second kappa shape index (κ2) is 2.87. The minimum atomic E-state index is 0.649. The molecule has 1 aliphatic carbocycles. The zero-order valence-corrected chi connectivity index (χ0v) is 7.33. The summed E-state index contributed by atoms with van der Waals surface area (Å²) in [5.74, 6) is 1.34. The summed E-state index contributed by atoms with van der Waals surface area (Å²) in [5, 5.41) is 0. The lowest BCUT2D eigenvalue weighted by Crippen LogP contribution is -2.02. The van der Waals surface area contributed by atoms with E-state index in [0.717, 1.165) is 6.54 Å². The van der Waals surface area contributed by atoms with Gasteiger partial charge in [0.1, 0.15) is 0 Å². The fraction of sp³-hybridized carbons (Fsp3) is 0.500. The SMILES string of the molecule is Cc1ccc([C@@H]2C[C@H]2CN)nc1. The number of hydrogen-bond acceptors (Lipinski definition) is 2. The molecule has 2 N–H and O–H groups in total. The van der Waals surface area contributed by atoms with Crippen LogP contribution in [0, 0.1) is 12.8 Å². The molecule has 1 aromatic rings. The summed E-state index contributed by atoms with van der Waals surface area (Å²) in [5.41, 5.74) is 8.01. The standard InChI is InChI=1S/C10H14N2/c1-7-2-3-10(12-6-7)9-4-8(9)5-11/h2-3,6,8-9H,4-5,11H2,1H3/t8-,9+/m0/s1. The van der Waals surface area contributed by atoms with Gasteiger partial charge in [-0.3, -0.25) is 4.98 Å². The molecule has 1 heterocycles. The maximum atomic E-state index is 5.56. The van der Waals surface area contributed by atoms with E-state index >= 15 is 0 Å². The summed E-state index contributed by atoms with van der Waals surface area (Å²) >= 11 is 0. The molecule has 2 heteroatoms. The van der Waals surface area contributed by atoms with Crippen molar-refractivity contribution in [1.29, 1.82) is 0 Å². The Morgan fingerprint density at radius 3 is 2.92 bits per heavy atom. The summed E-state index contributed by atoms with van der Waals surface area (Å²) in [6.45, 7) is 2.87. The van der Waals surface area contributed by atoms with Crippen molar-refractivity contribution < 1.29 is 0 Å². The van der Waals surface area contributed by atoms with Gasteiger partial charge in [-0.1, -0.05) is 6.07 Å². The number of nitrogens with zero attached hydrogens (tertiary/aromatic N) is 1. The molecule has 0 radical (unpaired) electrons. The average Bonchev–Trinajstić information content (AvgIpc) is 2.85. The van der Waals surface area contributed by atoms with Crippen molar-refractivity contribution in [2.45, 2.75) is 19.3 Å². The molecule has 0 amide bonds. The third kappa shape index (κ3) is 1.34. The molecular weight excluding hydrogens is 148 g/mol. The zero-order valence-electron chi connectivity index (χ0n) is 7.33. The molecular formula is C10H14N2. The van der Waals surface area contributed by atoms with Gasteiger partial charge in [0.05, 0.1) is 0 Å². The number of hydrogen-bond donors (Lipinski definition) is 1. The minimum Gasteiger partial charge on any atom is -0.330 e. The molecule has 64 valence electrons. The van der Waals surface area contributed by atoms with Crippen LogP contribution in [0.5, 0.6) is 0 Å². The molecule has 1 aliphatic rings. The molecule has 1 saturated carbocycles. The van der Waals surface area contributed by atoms with E-state index in [4.69, 9.17) is 5.73 Å². The van der Waals surface area contributed by atoms with Crippen LogP contribution in [0.2, 0.25) is 0 Å². The highest BCUT2D eigenvalue weighted by Gasteiger charge is 2.37. The van der Waals surface area contributed by atoms with Gasteiger partial charge in [0.15, 0.2) is 0 Å². The lowest BCUT2D eigenvalue weighted by atomic mass is 10.2. The van der Waals surface area contributed by atoms with Crippen LogP contribution >= 0.6 is 0 Å². The van der Waals surface area contributed by atoms with Gasteiger partial charge >= 0.3 is 0 Å². The molecule has 0 aromatic carbocycles. The number of pyridine rings is 1. The van der Waals surface area contributed by atoms with Crippen molar-refractivity contribution in [2.75, 3.05) is 6.54 Å². The highest BCUT2D eigenvalue weighted by atomic mass is 14.7. The van der Waals surface area contributed by atoms with Gasteiger partial charge in [0.2, 0.25) is 0 Å². The lowest BCUT2D eigenvalue weighted by molar-refractivity contribution is 0.796. The maximum absolute atomic E-state index is 5.56. The van der Waals surface area contributed by atoms with Crippen LogP contribution in [0.4, 0.5) is 0 Å². The average molecular weight is 162 g/mol. The molecule has 0 spiro atoms. The van der Waals surface area contributed by atoms with Crippen molar-refractivity contribution >= 4 is 0 Å². The normalized spacial score (nSPS) is 27.2. The first-order valence-electron chi connectivity index (χ1n) is 4.44. The van der Waals surface area contributed by atoms with Crippen LogP contribution in [0.3, 0.4) is 0 Å². The first-order valence-corrected chi connectivity index (χ1v) is 4.44. The summed E-state index contributed by atoms with van der Waals surface area (Å²) in [4.78, 5) is 4.38. The second-order valence-corrected chi connectivity index (χ2v) is 3.60. The highest BCUT2D eigenvalue weighted by Crippen LogP contribution is 2.45. The van der Waals surface area contributed by atoms with E-state index in [1.54, 1.807) is 0 Å². The molecule has 0 aliphatic heterocycles. The molecule has 12 heavy (non-hydrogen) atoms. The van der Waals surface area contributed by atoms with Crippen molar-refractivity contribution in [3.8, 4) is 0 Å². The summed E-state index contributed by atoms with van der Waals surface area (Å²) in [6.07, 6.45) is 3.16. The minimum absolute atomic E-state index is 0.649.